The number of nitrogens with zero attached hydrogens (tertiary/aromatic N) is 2. The summed E-state index contributed by atoms with van der Waals surface area (Å²) < 4.78 is 28.2. The zero-order chi connectivity index (χ0) is 13.2. The first kappa shape index (κ1) is 13.1. The Morgan fingerprint density at radius 3 is 2.72 bits per heavy atom. The van der Waals surface area contributed by atoms with Crippen molar-refractivity contribution < 1.29 is 8.42 Å². The Morgan fingerprint density at radius 1 is 1.39 bits per heavy atom. The third-order valence-electron chi connectivity index (χ3n) is 2.51. The van der Waals surface area contributed by atoms with E-state index in [1.807, 2.05) is 29.9 Å². The van der Waals surface area contributed by atoms with E-state index < -0.39 is 10.0 Å². The molecule has 2 heterocycles. The van der Waals surface area contributed by atoms with Gasteiger partial charge in [-0.15, -0.1) is 0 Å². The van der Waals surface area contributed by atoms with Gasteiger partial charge in [-0.3, -0.25) is 0 Å². The molecule has 2 rings (SSSR count). The maximum absolute atomic E-state index is 11.9. The lowest BCUT2D eigenvalue weighted by molar-refractivity contribution is 0.578. The van der Waals surface area contributed by atoms with Gasteiger partial charge in [0.15, 0.2) is 0 Å². The van der Waals surface area contributed by atoms with Gasteiger partial charge in [-0.1, -0.05) is 11.6 Å². The Bertz CT molecular complexity index is 635. The van der Waals surface area contributed by atoms with Crippen LogP contribution in [0.2, 0.25) is 5.15 Å². The van der Waals surface area contributed by atoms with E-state index in [4.69, 9.17) is 11.6 Å². The highest BCUT2D eigenvalue weighted by Gasteiger charge is 2.14. The molecule has 0 aromatic carbocycles. The predicted molar refractivity (Wildman–Crippen MR) is 68.7 cm³/mol. The van der Waals surface area contributed by atoms with Gasteiger partial charge in [0.25, 0.3) is 0 Å². The third-order valence-corrected chi connectivity index (χ3v) is 4.12. The van der Waals surface area contributed by atoms with E-state index in [0.717, 1.165) is 5.69 Å². The topological polar surface area (TPSA) is 64.0 Å². The lowest BCUT2D eigenvalue weighted by atomic mass is 10.4. The van der Waals surface area contributed by atoms with Gasteiger partial charge in [-0.25, -0.2) is 18.1 Å². The van der Waals surface area contributed by atoms with Gasteiger partial charge in [-0.2, -0.15) is 0 Å². The zero-order valence-electron chi connectivity index (χ0n) is 9.67. The maximum atomic E-state index is 11.9. The first-order valence-electron chi connectivity index (χ1n) is 5.20. The molecule has 0 aliphatic heterocycles. The third kappa shape index (κ3) is 2.90. The van der Waals surface area contributed by atoms with Crippen molar-refractivity contribution in [2.45, 2.75) is 11.4 Å². The van der Waals surface area contributed by atoms with Crippen LogP contribution in [-0.2, 0) is 23.6 Å². The Balaban J connectivity index is 2.13. The fourth-order valence-electron chi connectivity index (χ4n) is 1.45. The molecule has 0 amide bonds. The fraction of sp³-hybridized carbons (Fsp3) is 0.182. The standard InChI is InChI=1S/C11H12ClN3O2S/c1-15-6-2-3-9(15)7-14-18(16,17)10-4-5-11(12)13-8-10/h2-6,8,14H,7H2,1H3. The van der Waals surface area contributed by atoms with Gasteiger partial charge < -0.3 is 4.57 Å². The average Bonchev–Trinajstić information content (AvgIpc) is 2.73. The molecule has 0 fully saturated rings. The summed E-state index contributed by atoms with van der Waals surface area (Å²) in [4.78, 5) is 3.85. The van der Waals surface area contributed by atoms with Crippen LogP contribution >= 0.6 is 11.6 Å². The van der Waals surface area contributed by atoms with Gasteiger partial charge >= 0.3 is 0 Å². The zero-order valence-corrected chi connectivity index (χ0v) is 11.2. The minimum atomic E-state index is -3.55. The highest BCUT2D eigenvalue weighted by atomic mass is 35.5. The van der Waals surface area contributed by atoms with E-state index in [1.165, 1.54) is 18.3 Å². The molecule has 18 heavy (non-hydrogen) atoms. The highest BCUT2D eigenvalue weighted by Crippen LogP contribution is 2.11. The number of pyridine rings is 1. The number of hydrogen-bond acceptors (Lipinski definition) is 3. The van der Waals surface area contributed by atoms with Gasteiger partial charge in [0.05, 0.1) is 6.54 Å². The number of aromatic nitrogens is 2. The molecular formula is C11H12ClN3O2S. The summed E-state index contributed by atoms with van der Waals surface area (Å²) in [6, 6.07) is 6.57. The monoisotopic (exact) mass is 285 g/mol. The lowest BCUT2D eigenvalue weighted by Crippen LogP contribution is -2.24. The SMILES string of the molecule is Cn1cccc1CNS(=O)(=O)c1ccc(Cl)nc1. The second-order valence-corrected chi connectivity index (χ2v) is 5.91. The molecule has 0 unspecified atom stereocenters. The Morgan fingerprint density at radius 2 is 2.17 bits per heavy atom. The molecule has 0 atom stereocenters. The molecule has 7 heteroatoms. The molecule has 0 aliphatic carbocycles. The first-order chi connectivity index (χ1) is 8.49. The van der Waals surface area contributed by atoms with Crippen molar-refractivity contribution in [1.29, 1.82) is 0 Å². The van der Waals surface area contributed by atoms with E-state index in [0.29, 0.717) is 0 Å². The summed E-state index contributed by atoms with van der Waals surface area (Å²) in [5, 5.41) is 0.261. The minimum Gasteiger partial charge on any atom is -0.353 e. The van der Waals surface area contributed by atoms with Crippen LogP contribution in [0.4, 0.5) is 0 Å². The van der Waals surface area contributed by atoms with E-state index in [1.54, 1.807) is 0 Å². The Kier molecular flexibility index (Phi) is 3.70. The van der Waals surface area contributed by atoms with Crippen LogP contribution in [0, 0.1) is 0 Å². The molecule has 1 N–H and O–H groups in total. The molecular weight excluding hydrogens is 274 g/mol. The van der Waals surface area contributed by atoms with Crippen molar-refractivity contribution in [2.75, 3.05) is 0 Å². The average molecular weight is 286 g/mol. The molecule has 0 saturated carbocycles. The molecule has 0 bridgehead atoms. The van der Waals surface area contributed by atoms with Crippen LogP contribution in [0.3, 0.4) is 0 Å². The molecule has 0 aliphatic rings. The number of aryl methyl sites for hydroxylation is 1. The predicted octanol–water partition coefficient (Wildman–Crippen LogP) is 1.55. The molecule has 0 saturated heterocycles. The minimum absolute atomic E-state index is 0.0982. The van der Waals surface area contributed by atoms with Crippen molar-refractivity contribution >= 4 is 21.6 Å². The van der Waals surface area contributed by atoms with Crippen LogP contribution in [0.15, 0.2) is 41.6 Å². The molecule has 0 radical (unpaired) electrons. The van der Waals surface area contributed by atoms with E-state index in [9.17, 15) is 8.42 Å². The summed E-state index contributed by atoms with van der Waals surface area (Å²) in [5.41, 5.74) is 0.875. The smallest absolute Gasteiger partial charge is 0.242 e. The fourth-order valence-corrected chi connectivity index (χ4v) is 2.51. The van der Waals surface area contributed by atoms with E-state index >= 15 is 0 Å². The van der Waals surface area contributed by atoms with Crippen LogP contribution in [0.5, 0.6) is 0 Å². The van der Waals surface area contributed by atoms with Crippen molar-refractivity contribution in [3.63, 3.8) is 0 Å². The molecule has 2 aromatic heterocycles. The highest BCUT2D eigenvalue weighted by molar-refractivity contribution is 7.89. The number of sulfonamides is 1. The van der Waals surface area contributed by atoms with Crippen LogP contribution < -0.4 is 4.72 Å². The van der Waals surface area contributed by atoms with Gasteiger partial charge in [0.2, 0.25) is 10.0 Å². The van der Waals surface area contributed by atoms with Crippen LogP contribution in [0.25, 0.3) is 0 Å². The number of rotatable bonds is 4. The van der Waals surface area contributed by atoms with E-state index in [-0.39, 0.29) is 16.6 Å². The number of hydrogen-bond donors (Lipinski definition) is 1. The number of nitrogens with one attached hydrogen (secondary N) is 1. The van der Waals surface area contributed by atoms with Crippen molar-refractivity contribution in [3.05, 3.63) is 47.5 Å². The van der Waals surface area contributed by atoms with Crippen molar-refractivity contribution in [1.82, 2.24) is 14.3 Å². The quantitative estimate of drug-likeness (QED) is 0.867. The van der Waals surface area contributed by atoms with Crippen molar-refractivity contribution in [3.8, 4) is 0 Å². The summed E-state index contributed by atoms with van der Waals surface area (Å²) in [6.45, 7) is 0.231. The molecule has 5 nitrogen and oxygen atoms in total. The Labute approximate surface area is 110 Å². The largest absolute Gasteiger partial charge is 0.353 e. The first-order valence-corrected chi connectivity index (χ1v) is 7.06. The van der Waals surface area contributed by atoms with Gasteiger partial charge in [-0.05, 0) is 24.3 Å². The van der Waals surface area contributed by atoms with Crippen LogP contribution in [-0.4, -0.2) is 18.0 Å². The summed E-state index contributed by atoms with van der Waals surface area (Å²) in [6.07, 6.45) is 3.09. The summed E-state index contributed by atoms with van der Waals surface area (Å²) >= 11 is 5.61. The Hall–Kier alpha value is -1.37. The maximum Gasteiger partial charge on any atom is 0.242 e. The van der Waals surface area contributed by atoms with Gasteiger partial charge in [0.1, 0.15) is 10.0 Å². The molecule has 2 aromatic rings. The lowest BCUT2D eigenvalue weighted by Gasteiger charge is -2.07. The second kappa shape index (κ2) is 5.09. The summed E-state index contributed by atoms with van der Waals surface area (Å²) in [7, 11) is -1.70. The van der Waals surface area contributed by atoms with Gasteiger partial charge in [0, 0.05) is 25.1 Å². The molecule has 0 spiro atoms. The van der Waals surface area contributed by atoms with E-state index in [2.05, 4.69) is 9.71 Å². The van der Waals surface area contributed by atoms with Crippen LogP contribution in [0.1, 0.15) is 5.69 Å². The normalized spacial score (nSPS) is 11.7. The van der Waals surface area contributed by atoms with Crippen molar-refractivity contribution in [2.24, 2.45) is 7.05 Å². The number of halogens is 1. The second-order valence-electron chi connectivity index (χ2n) is 3.75. The summed E-state index contributed by atoms with van der Waals surface area (Å²) in [5.74, 6) is 0. The molecule has 96 valence electrons.